The minimum absolute atomic E-state index is 0.290. The summed E-state index contributed by atoms with van der Waals surface area (Å²) in [7, 11) is 0. The van der Waals surface area contributed by atoms with E-state index in [1.807, 2.05) is 0 Å². The van der Waals surface area contributed by atoms with Gasteiger partial charge in [-0.3, -0.25) is 0 Å². The van der Waals surface area contributed by atoms with Crippen LogP contribution in [0.2, 0.25) is 0 Å². The largest absolute Gasteiger partial charge is 0.462 e. The van der Waals surface area contributed by atoms with Crippen LogP contribution >= 0.6 is 15.9 Å². The van der Waals surface area contributed by atoms with Gasteiger partial charge in [-0.2, -0.15) is 39.5 Å². The van der Waals surface area contributed by atoms with Gasteiger partial charge in [0, 0.05) is 9.38 Å². The topological polar surface area (TPSA) is 58.0 Å². The Kier molecular flexibility index (Phi) is 5.26. The van der Waals surface area contributed by atoms with Gasteiger partial charge in [-0.25, -0.2) is 0 Å². The van der Waals surface area contributed by atoms with Crippen molar-refractivity contribution in [3.8, 4) is 5.75 Å². The maximum absolute atomic E-state index is 12.7. The second kappa shape index (κ2) is 6.24. The molecule has 0 fully saturated rings. The van der Waals surface area contributed by atoms with Gasteiger partial charge in [-0.15, -0.1) is 0 Å². The molecule has 0 unspecified atom stereocenters. The highest BCUT2D eigenvalue weighted by atomic mass is 79.9. The van der Waals surface area contributed by atoms with Crippen molar-refractivity contribution in [2.24, 2.45) is 5.11 Å². The van der Waals surface area contributed by atoms with Crippen LogP contribution in [-0.2, 0) is 0 Å². The van der Waals surface area contributed by atoms with Crippen LogP contribution in [0.4, 0.5) is 45.2 Å². The van der Waals surface area contributed by atoms with Gasteiger partial charge in [-0.05, 0) is 23.7 Å². The summed E-state index contributed by atoms with van der Waals surface area (Å²) < 4.78 is 117. The summed E-state index contributed by atoms with van der Waals surface area (Å²) in [6.07, 6.45) is -20.5. The monoisotopic (exact) mass is 431 g/mol. The Morgan fingerprint density at radius 2 is 1.38 bits per heavy atom. The van der Waals surface area contributed by atoms with Crippen LogP contribution in [0.1, 0.15) is 0 Å². The third-order valence-corrected chi connectivity index (χ3v) is 3.18. The van der Waals surface area contributed by atoms with Gasteiger partial charge in [0.2, 0.25) is 0 Å². The number of hydrogen-bond donors (Lipinski definition) is 0. The Bertz CT molecular complexity index is 625. The summed E-state index contributed by atoms with van der Waals surface area (Å²) in [6.45, 7) is 0. The van der Waals surface area contributed by atoms with Crippen molar-refractivity contribution in [1.29, 1.82) is 0 Å². The van der Waals surface area contributed by atoms with Crippen molar-refractivity contribution in [2.45, 2.75) is 24.1 Å². The van der Waals surface area contributed by atoms with E-state index < -0.39 is 29.9 Å². The van der Waals surface area contributed by atoms with Gasteiger partial charge in [-0.1, -0.05) is 21.0 Å². The van der Waals surface area contributed by atoms with E-state index in [0.29, 0.717) is 18.2 Å². The molecule has 0 spiro atoms. The molecule has 0 saturated heterocycles. The van der Waals surface area contributed by atoms with E-state index in [1.165, 1.54) is 0 Å². The number of rotatable bonds is 3. The highest BCUT2D eigenvalue weighted by Crippen LogP contribution is 2.55. The molecular weight excluding hydrogens is 429 g/mol. The molecule has 0 aromatic heterocycles. The molecule has 1 aromatic rings. The lowest BCUT2D eigenvalue weighted by molar-refractivity contribution is -0.436. The first kappa shape index (κ1) is 20.2. The van der Waals surface area contributed by atoms with Crippen LogP contribution in [0.25, 0.3) is 10.4 Å². The fraction of sp³-hybridized carbons (Fsp3) is 0.400. The Morgan fingerprint density at radius 1 is 0.917 bits per heavy atom. The van der Waals surface area contributed by atoms with E-state index in [-0.39, 0.29) is 10.2 Å². The zero-order chi connectivity index (χ0) is 19.0. The average Bonchev–Trinajstić information content (AvgIpc) is 2.34. The summed E-state index contributed by atoms with van der Waals surface area (Å²) in [5, 5.41) is 3.00. The predicted octanol–water partition coefficient (Wildman–Crippen LogP) is 6.20. The van der Waals surface area contributed by atoms with Crippen molar-refractivity contribution < 1.29 is 44.3 Å². The zero-order valence-corrected chi connectivity index (χ0v) is 12.3. The van der Waals surface area contributed by atoms with Crippen LogP contribution in [0.3, 0.4) is 0 Å². The molecule has 0 aliphatic rings. The summed E-state index contributed by atoms with van der Waals surface area (Å²) >= 11 is 2.62. The number of azide groups is 1. The van der Waals surface area contributed by atoms with E-state index >= 15 is 0 Å². The second-order valence-corrected chi connectivity index (χ2v) is 4.93. The van der Waals surface area contributed by atoms with Crippen LogP contribution in [0, 0.1) is 0 Å². The third kappa shape index (κ3) is 3.48. The van der Waals surface area contributed by atoms with Crippen molar-refractivity contribution >= 4 is 21.6 Å². The van der Waals surface area contributed by atoms with Gasteiger partial charge >= 0.3 is 24.1 Å². The summed E-state index contributed by atoms with van der Waals surface area (Å²) in [6, 6.07) is 1.42. The van der Waals surface area contributed by atoms with Crippen molar-refractivity contribution in [1.82, 2.24) is 0 Å². The molecule has 24 heavy (non-hydrogen) atoms. The standard InChI is InChI=1S/C10H3BrF9N3O/c11-5-3-4(1-2-6(5)22-23-21)24-7(8(12,13)14,9(15,16)17)10(18,19)20/h1-3H. The molecule has 0 bridgehead atoms. The average molecular weight is 432 g/mol. The lowest BCUT2D eigenvalue weighted by Crippen LogP contribution is -2.69. The number of ether oxygens (including phenoxy) is 1. The minimum atomic E-state index is -6.85. The van der Waals surface area contributed by atoms with Crippen LogP contribution < -0.4 is 4.74 Å². The van der Waals surface area contributed by atoms with Gasteiger partial charge in [0.1, 0.15) is 5.75 Å². The molecule has 0 amide bonds. The highest BCUT2D eigenvalue weighted by Gasteiger charge is 2.87. The first-order valence-corrected chi connectivity index (χ1v) is 6.20. The highest BCUT2D eigenvalue weighted by molar-refractivity contribution is 9.10. The number of halogens is 10. The van der Waals surface area contributed by atoms with E-state index in [1.54, 1.807) is 0 Å². The minimum Gasteiger partial charge on any atom is -0.462 e. The SMILES string of the molecule is [N-]=[N+]=Nc1ccc(OC(C(F)(F)F)(C(F)(F)F)C(F)(F)F)cc1Br. The van der Waals surface area contributed by atoms with Crippen LogP contribution in [-0.4, -0.2) is 24.1 Å². The maximum Gasteiger partial charge on any atom is 0.447 e. The molecule has 0 heterocycles. The second-order valence-electron chi connectivity index (χ2n) is 4.08. The molecule has 0 radical (unpaired) electrons. The molecule has 14 heteroatoms. The van der Waals surface area contributed by atoms with Gasteiger partial charge < -0.3 is 4.74 Å². The Balaban J connectivity index is 3.54. The van der Waals surface area contributed by atoms with E-state index in [4.69, 9.17) is 5.53 Å². The lowest BCUT2D eigenvalue weighted by atomic mass is 10.0. The number of nitrogens with zero attached hydrogens (tertiary/aromatic N) is 3. The number of alkyl halides is 9. The molecule has 0 aliphatic carbocycles. The van der Waals surface area contributed by atoms with E-state index in [0.717, 1.165) is 0 Å². The first-order valence-electron chi connectivity index (χ1n) is 5.41. The van der Waals surface area contributed by atoms with E-state index in [2.05, 4.69) is 30.7 Å². The molecule has 0 saturated carbocycles. The van der Waals surface area contributed by atoms with Crippen LogP contribution in [0.5, 0.6) is 5.75 Å². The number of hydrogen-bond acceptors (Lipinski definition) is 2. The molecule has 1 rings (SSSR count). The quantitative estimate of drug-likeness (QED) is 0.243. The molecule has 0 aliphatic heterocycles. The first-order chi connectivity index (χ1) is 10.7. The lowest BCUT2D eigenvalue weighted by Gasteiger charge is -2.38. The zero-order valence-electron chi connectivity index (χ0n) is 10.8. The molecule has 1 aromatic carbocycles. The molecule has 4 nitrogen and oxygen atoms in total. The molecule has 134 valence electrons. The summed E-state index contributed by atoms with van der Waals surface area (Å²) in [5.74, 6) is -1.40. The molecular formula is C10H3BrF9N3O. The predicted molar refractivity (Wildman–Crippen MR) is 64.5 cm³/mol. The van der Waals surface area contributed by atoms with Crippen molar-refractivity contribution in [2.75, 3.05) is 0 Å². The Labute approximate surface area is 134 Å². The van der Waals surface area contributed by atoms with Crippen molar-refractivity contribution in [3.05, 3.63) is 33.1 Å². The fourth-order valence-corrected chi connectivity index (χ4v) is 1.95. The number of benzene rings is 1. The Hall–Kier alpha value is -1.82. The molecule has 0 atom stereocenters. The van der Waals surface area contributed by atoms with Crippen LogP contribution in [0.15, 0.2) is 27.8 Å². The van der Waals surface area contributed by atoms with E-state index in [9.17, 15) is 39.5 Å². The summed E-state index contributed by atoms with van der Waals surface area (Å²) in [5.41, 5.74) is 1.47. The smallest absolute Gasteiger partial charge is 0.447 e. The summed E-state index contributed by atoms with van der Waals surface area (Å²) in [4.78, 5) is 2.30. The van der Waals surface area contributed by atoms with Gasteiger partial charge in [0.05, 0.1) is 5.69 Å². The molecule has 0 N–H and O–H groups in total. The van der Waals surface area contributed by atoms with Gasteiger partial charge in [0.25, 0.3) is 0 Å². The normalized spacial score (nSPS) is 13.4. The fourth-order valence-electron chi connectivity index (χ4n) is 1.51. The maximum atomic E-state index is 12.7. The third-order valence-electron chi connectivity index (χ3n) is 2.54. The van der Waals surface area contributed by atoms with Gasteiger partial charge in [0.15, 0.2) is 0 Å². The van der Waals surface area contributed by atoms with Crippen molar-refractivity contribution in [3.63, 3.8) is 0 Å². The Morgan fingerprint density at radius 3 is 1.71 bits per heavy atom.